The number of hydrogen-bond donors (Lipinski definition) is 0. The van der Waals surface area contributed by atoms with Crippen molar-refractivity contribution in [3.8, 4) is 0 Å². The van der Waals surface area contributed by atoms with Gasteiger partial charge in [0.2, 0.25) is 0 Å². The van der Waals surface area contributed by atoms with Gasteiger partial charge in [0.1, 0.15) is 0 Å². The number of fused-ring (bicyclic) bond motifs is 1. The first kappa shape index (κ1) is 9.11. The Kier molecular flexibility index (Phi) is 2.35. The van der Waals surface area contributed by atoms with E-state index in [0.717, 1.165) is 5.92 Å². The van der Waals surface area contributed by atoms with Crippen molar-refractivity contribution in [3.05, 3.63) is 11.8 Å². The van der Waals surface area contributed by atoms with E-state index in [-0.39, 0.29) is 0 Å². The van der Waals surface area contributed by atoms with E-state index < -0.39 is 0 Å². The molecule has 1 nitrogen and oxygen atoms in total. The van der Waals surface area contributed by atoms with Crippen LogP contribution in [0.4, 0.5) is 0 Å². The lowest BCUT2D eigenvalue weighted by molar-refractivity contribution is 0.253. The third kappa shape index (κ3) is 1.61. The van der Waals surface area contributed by atoms with Crippen molar-refractivity contribution in [3.63, 3.8) is 0 Å². The number of allylic oxidation sites excluding steroid dienone is 2. The van der Waals surface area contributed by atoms with Crippen LogP contribution < -0.4 is 0 Å². The maximum atomic E-state index is 5.35. The Bertz CT molecular complexity index is 219. The molecule has 0 unspecified atom stereocenters. The van der Waals surface area contributed by atoms with Crippen LogP contribution in [-0.4, -0.2) is 7.11 Å². The van der Waals surface area contributed by atoms with Gasteiger partial charge in [-0.05, 0) is 36.7 Å². The molecule has 13 heavy (non-hydrogen) atoms. The molecule has 0 radical (unpaired) electrons. The molecule has 0 aromatic heterocycles. The zero-order chi connectivity index (χ0) is 9.31. The van der Waals surface area contributed by atoms with E-state index in [0.29, 0.717) is 5.41 Å². The summed E-state index contributed by atoms with van der Waals surface area (Å²) in [6.07, 6.45) is 10.5. The molecule has 2 rings (SSSR count). The van der Waals surface area contributed by atoms with E-state index in [1.165, 1.54) is 44.3 Å². The first-order valence-electron chi connectivity index (χ1n) is 5.56. The van der Waals surface area contributed by atoms with Crippen molar-refractivity contribution in [1.82, 2.24) is 0 Å². The van der Waals surface area contributed by atoms with Crippen LogP contribution in [0.15, 0.2) is 11.8 Å². The molecule has 0 amide bonds. The van der Waals surface area contributed by atoms with Crippen molar-refractivity contribution in [2.45, 2.75) is 45.4 Å². The Labute approximate surface area is 81.2 Å². The third-order valence-corrected chi connectivity index (χ3v) is 3.72. The molecule has 0 aliphatic heterocycles. The lowest BCUT2D eigenvalue weighted by Crippen LogP contribution is -2.08. The lowest BCUT2D eigenvalue weighted by Gasteiger charge is -2.19. The molecular formula is C12H20O. The number of rotatable bonds is 4. The van der Waals surface area contributed by atoms with Crippen LogP contribution in [0.5, 0.6) is 0 Å². The van der Waals surface area contributed by atoms with Crippen LogP contribution in [0, 0.1) is 11.3 Å². The second-order valence-electron chi connectivity index (χ2n) is 4.59. The molecule has 0 bridgehead atoms. The molecule has 0 aromatic carbocycles. The normalized spacial score (nSPS) is 36.5. The molecule has 0 spiro atoms. The fourth-order valence-corrected chi connectivity index (χ4v) is 2.72. The van der Waals surface area contributed by atoms with E-state index in [1.807, 2.05) is 7.11 Å². The first-order chi connectivity index (χ1) is 6.30. The van der Waals surface area contributed by atoms with Gasteiger partial charge in [-0.2, -0.15) is 0 Å². The van der Waals surface area contributed by atoms with Crippen molar-refractivity contribution >= 4 is 0 Å². The van der Waals surface area contributed by atoms with Crippen LogP contribution in [0.2, 0.25) is 0 Å². The van der Waals surface area contributed by atoms with Crippen LogP contribution in [0.3, 0.4) is 0 Å². The van der Waals surface area contributed by atoms with Gasteiger partial charge < -0.3 is 4.74 Å². The summed E-state index contributed by atoms with van der Waals surface area (Å²) < 4.78 is 5.35. The molecule has 74 valence electrons. The summed E-state index contributed by atoms with van der Waals surface area (Å²) in [4.78, 5) is 0. The highest BCUT2D eigenvalue weighted by Gasteiger charge is 2.53. The molecule has 2 aliphatic rings. The Morgan fingerprint density at radius 3 is 3.15 bits per heavy atom. The van der Waals surface area contributed by atoms with Crippen LogP contribution in [0.1, 0.15) is 45.4 Å². The number of unbranched alkanes of at least 4 members (excludes halogenated alkanes) is 1. The van der Waals surface area contributed by atoms with E-state index >= 15 is 0 Å². The fraction of sp³-hybridized carbons (Fsp3) is 0.833. The SMILES string of the molecule is CCCC[C@]12C=C(OC)CC[C@H]1C2. The minimum Gasteiger partial charge on any atom is -0.501 e. The van der Waals surface area contributed by atoms with Crippen LogP contribution >= 0.6 is 0 Å². The number of hydrogen-bond acceptors (Lipinski definition) is 1. The summed E-state index contributed by atoms with van der Waals surface area (Å²) in [5, 5.41) is 0. The Morgan fingerprint density at radius 2 is 2.46 bits per heavy atom. The maximum absolute atomic E-state index is 5.35. The maximum Gasteiger partial charge on any atom is 0.0921 e. The Hall–Kier alpha value is -0.460. The predicted molar refractivity (Wildman–Crippen MR) is 54.4 cm³/mol. The van der Waals surface area contributed by atoms with Gasteiger partial charge in [-0.1, -0.05) is 19.8 Å². The largest absolute Gasteiger partial charge is 0.501 e. The minimum atomic E-state index is 0.583. The average Bonchev–Trinajstić information content (AvgIpc) is 2.88. The standard InChI is InChI=1S/C12H20O/c1-3-4-7-12-8-10(12)5-6-11(9-12)13-2/h9-10H,3-8H2,1-2H3/t10-,12-/m0/s1. The highest BCUT2D eigenvalue weighted by Crippen LogP contribution is 2.62. The minimum absolute atomic E-state index is 0.583. The van der Waals surface area contributed by atoms with E-state index in [2.05, 4.69) is 13.0 Å². The molecule has 0 heterocycles. The van der Waals surface area contributed by atoms with Crippen LogP contribution in [-0.2, 0) is 4.74 Å². The van der Waals surface area contributed by atoms with Gasteiger partial charge in [-0.3, -0.25) is 0 Å². The van der Waals surface area contributed by atoms with Gasteiger partial charge in [-0.25, -0.2) is 0 Å². The molecule has 1 heteroatoms. The van der Waals surface area contributed by atoms with Crippen molar-refractivity contribution in [2.24, 2.45) is 11.3 Å². The van der Waals surface area contributed by atoms with Gasteiger partial charge >= 0.3 is 0 Å². The van der Waals surface area contributed by atoms with E-state index in [4.69, 9.17) is 4.74 Å². The molecule has 0 saturated heterocycles. The zero-order valence-corrected chi connectivity index (χ0v) is 8.81. The van der Waals surface area contributed by atoms with Gasteiger partial charge in [0.05, 0.1) is 12.9 Å². The third-order valence-electron chi connectivity index (χ3n) is 3.72. The second kappa shape index (κ2) is 3.36. The topological polar surface area (TPSA) is 9.23 Å². The van der Waals surface area contributed by atoms with Crippen LogP contribution in [0.25, 0.3) is 0 Å². The van der Waals surface area contributed by atoms with Crippen molar-refractivity contribution < 1.29 is 4.74 Å². The van der Waals surface area contributed by atoms with E-state index in [1.54, 1.807) is 0 Å². The average molecular weight is 180 g/mol. The van der Waals surface area contributed by atoms with Gasteiger partial charge in [0.25, 0.3) is 0 Å². The summed E-state index contributed by atoms with van der Waals surface area (Å²) in [5.74, 6) is 2.24. The first-order valence-corrected chi connectivity index (χ1v) is 5.56. The predicted octanol–water partition coefficient (Wildman–Crippen LogP) is 3.51. The summed E-state index contributed by atoms with van der Waals surface area (Å²) >= 11 is 0. The number of methoxy groups -OCH3 is 1. The monoisotopic (exact) mass is 180 g/mol. The summed E-state index contributed by atoms with van der Waals surface area (Å²) in [5.41, 5.74) is 0.583. The highest BCUT2D eigenvalue weighted by molar-refractivity contribution is 5.21. The fourth-order valence-electron chi connectivity index (χ4n) is 2.72. The van der Waals surface area contributed by atoms with Gasteiger partial charge in [0, 0.05) is 6.42 Å². The molecule has 1 saturated carbocycles. The smallest absolute Gasteiger partial charge is 0.0921 e. The highest BCUT2D eigenvalue weighted by atomic mass is 16.5. The second-order valence-corrected chi connectivity index (χ2v) is 4.59. The molecule has 2 aliphatic carbocycles. The van der Waals surface area contributed by atoms with E-state index in [9.17, 15) is 0 Å². The summed E-state index contributed by atoms with van der Waals surface area (Å²) in [6.45, 7) is 2.28. The molecule has 1 fully saturated rings. The molecule has 2 atom stereocenters. The molecular weight excluding hydrogens is 160 g/mol. The van der Waals surface area contributed by atoms with Crippen molar-refractivity contribution in [2.75, 3.05) is 7.11 Å². The Balaban J connectivity index is 1.99. The summed E-state index contributed by atoms with van der Waals surface area (Å²) in [7, 11) is 1.81. The Morgan fingerprint density at radius 1 is 1.62 bits per heavy atom. The van der Waals surface area contributed by atoms with Gasteiger partial charge in [0.15, 0.2) is 0 Å². The van der Waals surface area contributed by atoms with Gasteiger partial charge in [-0.15, -0.1) is 0 Å². The summed E-state index contributed by atoms with van der Waals surface area (Å²) in [6, 6.07) is 0. The lowest BCUT2D eigenvalue weighted by atomic mass is 9.89. The molecule has 0 N–H and O–H groups in total. The zero-order valence-electron chi connectivity index (χ0n) is 8.81. The quantitative estimate of drug-likeness (QED) is 0.643. The number of ether oxygens (including phenoxy) is 1. The molecule has 0 aromatic rings. The van der Waals surface area contributed by atoms with Crippen molar-refractivity contribution in [1.29, 1.82) is 0 Å².